The molecular weight excluding hydrogens is 264 g/mol. The Morgan fingerprint density at radius 3 is 2.90 bits per heavy atom. The monoisotopic (exact) mass is 284 g/mol. The number of rotatable bonds is 5. The van der Waals surface area contributed by atoms with Crippen molar-refractivity contribution in [2.75, 3.05) is 0 Å². The van der Waals surface area contributed by atoms with Gasteiger partial charge in [-0.25, -0.2) is 0 Å². The van der Waals surface area contributed by atoms with Gasteiger partial charge >= 0.3 is 0 Å². The number of aromatic nitrogens is 2. The van der Waals surface area contributed by atoms with Crippen molar-refractivity contribution in [1.29, 1.82) is 0 Å². The van der Waals surface area contributed by atoms with E-state index in [9.17, 15) is 4.79 Å². The molecule has 2 aromatic rings. The van der Waals surface area contributed by atoms with Crippen molar-refractivity contribution >= 4 is 5.78 Å². The Hall–Kier alpha value is -2.10. The zero-order chi connectivity index (χ0) is 14.7. The van der Waals surface area contributed by atoms with Crippen LogP contribution in [0.3, 0.4) is 0 Å². The van der Waals surface area contributed by atoms with Gasteiger partial charge in [0, 0.05) is 11.8 Å². The van der Waals surface area contributed by atoms with Crippen molar-refractivity contribution in [1.82, 2.24) is 9.78 Å². The zero-order valence-corrected chi connectivity index (χ0v) is 12.3. The third-order valence-corrected chi connectivity index (χ3v) is 3.99. The fourth-order valence-electron chi connectivity index (χ4n) is 2.79. The minimum Gasteiger partial charge on any atom is -0.487 e. The summed E-state index contributed by atoms with van der Waals surface area (Å²) in [6.45, 7) is 1.99. The first-order valence-electron chi connectivity index (χ1n) is 7.50. The molecule has 4 nitrogen and oxygen atoms in total. The second-order valence-electron chi connectivity index (χ2n) is 5.60. The molecule has 4 heteroatoms. The average Bonchev–Trinajstić information content (AvgIpc) is 3.16. The first-order valence-corrected chi connectivity index (χ1v) is 7.50. The van der Waals surface area contributed by atoms with Gasteiger partial charge in [-0.15, -0.1) is 0 Å². The van der Waals surface area contributed by atoms with Gasteiger partial charge in [-0.3, -0.25) is 9.48 Å². The number of hydrogen-bond acceptors (Lipinski definition) is 3. The van der Waals surface area contributed by atoms with E-state index in [0.29, 0.717) is 24.0 Å². The van der Waals surface area contributed by atoms with E-state index in [1.807, 2.05) is 24.4 Å². The summed E-state index contributed by atoms with van der Waals surface area (Å²) in [7, 11) is 0. The van der Waals surface area contributed by atoms with Crippen LogP contribution in [-0.2, 0) is 6.61 Å². The van der Waals surface area contributed by atoms with E-state index in [0.717, 1.165) is 5.69 Å². The molecular formula is C17H20N2O2. The van der Waals surface area contributed by atoms with Crippen molar-refractivity contribution in [3.8, 4) is 5.75 Å². The molecule has 1 saturated carbocycles. The lowest BCUT2D eigenvalue weighted by Crippen LogP contribution is -2.06. The maximum Gasteiger partial charge on any atom is 0.159 e. The Labute approximate surface area is 124 Å². The fourth-order valence-corrected chi connectivity index (χ4v) is 2.79. The quantitative estimate of drug-likeness (QED) is 0.785. The molecule has 0 saturated heterocycles. The second kappa shape index (κ2) is 6.12. The van der Waals surface area contributed by atoms with E-state index < -0.39 is 0 Å². The molecule has 0 bridgehead atoms. The molecule has 3 rings (SSSR count). The zero-order valence-electron chi connectivity index (χ0n) is 12.3. The summed E-state index contributed by atoms with van der Waals surface area (Å²) in [5.41, 5.74) is 1.60. The summed E-state index contributed by atoms with van der Waals surface area (Å²) in [5.74, 6) is 0.754. The van der Waals surface area contributed by atoms with Crippen molar-refractivity contribution in [2.24, 2.45) is 0 Å². The van der Waals surface area contributed by atoms with Crippen molar-refractivity contribution in [3.05, 3.63) is 47.8 Å². The molecule has 0 amide bonds. The van der Waals surface area contributed by atoms with Gasteiger partial charge in [-0.1, -0.05) is 25.0 Å². The van der Waals surface area contributed by atoms with Crippen molar-refractivity contribution in [2.45, 2.75) is 45.3 Å². The number of carbonyl (C=O) groups excluding carboxylic acids is 1. The van der Waals surface area contributed by atoms with Crippen LogP contribution in [-0.4, -0.2) is 15.6 Å². The number of ether oxygens (including phenoxy) is 1. The maximum atomic E-state index is 11.4. The van der Waals surface area contributed by atoms with Gasteiger partial charge in [0.2, 0.25) is 0 Å². The van der Waals surface area contributed by atoms with Crippen LogP contribution in [0, 0.1) is 0 Å². The Bertz CT molecular complexity index is 627. The number of nitrogens with zero attached hydrogens (tertiary/aromatic N) is 2. The summed E-state index contributed by atoms with van der Waals surface area (Å²) in [6.07, 6.45) is 7.09. The SMILES string of the molecule is CC(=O)c1cccc(OCc2ccn(C3CCCC3)n2)c1. The van der Waals surface area contributed by atoms with Crippen LogP contribution >= 0.6 is 0 Å². The van der Waals surface area contributed by atoms with E-state index in [2.05, 4.69) is 9.78 Å². The summed E-state index contributed by atoms with van der Waals surface area (Å²) < 4.78 is 7.80. The highest BCUT2D eigenvalue weighted by Crippen LogP contribution is 2.28. The lowest BCUT2D eigenvalue weighted by atomic mass is 10.1. The molecule has 0 atom stereocenters. The Balaban J connectivity index is 1.62. The molecule has 0 unspecified atom stereocenters. The maximum absolute atomic E-state index is 11.4. The van der Waals surface area contributed by atoms with Gasteiger partial charge in [-0.05, 0) is 38.0 Å². The molecule has 0 aliphatic heterocycles. The smallest absolute Gasteiger partial charge is 0.159 e. The molecule has 1 aliphatic rings. The van der Waals surface area contributed by atoms with Gasteiger partial charge in [0.15, 0.2) is 5.78 Å². The van der Waals surface area contributed by atoms with Crippen LogP contribution in [0.5, 0.6) is 5.75 Å². The third-order valence-electron chi connectivity index (χ3n) is 3.99. The van der Waals surface area contributed by atoms with Crippen LogP contribution in [0.15, 0.2) is 36.5 Å². The minimum absolute atomic E-state index is 0.0472. The second-order valence-corrected chi connectivity index (χ2v) is 5.60. The molecule has 110 valence electrons. The number of benzene rings is 1. The molecule has 1 aromatic carbocycles. The van der Waals surface area contributed by atoms with Gasteiger partial charge in [0.1, 0.15) is 12.4 Å². The first-order chi connectivity index (χ1) is 10.2. The lowest BCUT2D eigenvalue weighted by molar-refractivity contribution is 0.101. The average molecular weight is 284 g/mol. The van der Waals surface area contributed by atoms with Gasteiger partial charge in [0.25, 0.3) is 0 Å². The molecule has 0 spiro atoms. The largest absolute Gasteiger partial charge is 0.487 e. The molecule has 1 heterocycles. The summed E-state index contributed by atoms with van der Waals surface area (Å²) >= 11 is 0. The first kappa shape index (κ1) is 13.9. The van der Waals surface area contributed by atoms with Crippen LogP contribution in [0.1, 0.15) is 54.7 Å². The van der Waals surface area contributed by atoms with E-state index >= 15 is 0 Å². The van der Waals surface area contributed by atoms with Crippen LogP contribution in [0.4, 0.5) is 0 Å². The summed E-state index contributed by atoms with van der Waals surface area (Å²) in [6, 6.07) is 9.83. The Morgan fingerprint density at radius 2 is 2.14 bits per heavy atom. The van der Waals surface area contributed by atoms with E-state index in [1.54, 1.807) is 19.1 Å². The Kier molecular flexibility index (Phi) is 4.04. The number of hydrogen-bond donors (Lipinski definition) is 0. The van der Waals surface area contributed by atoms with Crippen molar-refractivity contribution in [3.63, 3.8) is 0 Å². The summed E-state index contributed by atoms with van der Waals surface area (Å²) in [5, 5.41) is 4.59. The minimum atomic E-state index is 0.0472. The predicted molar refractivity (Wildman–Crippen MR) is 80.5 cm³/mol. The fraction of sp³-hybridized carbons (Fsp3) is 0.412. The van der Waals surface area contributed by atoms with Crippen LogP contribution in [0.2, 0.25) is 0 Å². The highest BCUT2D eigenvalue weighted by Gasteiger charge is 2.17. The normalized spacial score (nSPS) is 15.3. The van der Waals surface area contributed by atoms with E-state index in [-0.39, 0.29) is 5.78 Å². The van der Waals surface area contributed by atoms with E-state index in [1.165, 1.54) is 25.7 Å². The third kappa shape index (κ3) is 3.32. The standard InChI is InChI=1S/C17H20N2O2/c1-13(20)14-5-4-8-17(11-14)21-12-15-9-10-19(18-15)16-6-2-3-7-16/h4-5,8-11,16H,2-3,6-7,12H2,1H3. The van der Waals surface area contributed by atoms with Crippen LogP contribution in [0.25, 0.3) is 0 Å². The molecule has 21 heavy (non-hydrogen) atoms. The highest BCUT2D eigenvalue weighted by molar-refractivity contribution is 5.94. The van der Waals surface area contributed by atoms with Crippen LogP contribution < -0.4 is 4.74 Å². The van der Waals surface area contributed by atoms with Crippen molar-refractivity contribution < 1.29 is 9.53 Å². The molecule has 1 aliphatic carbocycles. The molecule has 0 N–H and O–H groups in total. The predicted octanol–water partition coefficient (Wildman–Crippen LogP) is 3.78. The number of Topliss-reactive ketones (excluding diaryl/α,β-unsaturated/α-hetero) is 1. The van der Waals surface area contributed by atoms with Gasteiger partial charge in [-0.2, -0.15) is 5.10 Å². The Morgan fingerprint density at radius 1 is 1.33 bits per heavy atom. The number of carbonyl (C=O) groups is 1. The van der Waals surface area contributed by atoms with Gasteiger partial charge in [0.05, 0.1) is 11.7 Å². The van der Waals surface area contributed by atoms with E-state index in [4.69, 9.17) is 4.74 Å². The lowest BCUT2D eigenvalue weighted by Gasteiger charge is -2.09. The number of ketones is 1. The molecule has 1 aromatic heterocycles. The van der Waals surface area contributed by atoms with Gasteiger partial charge < -0.3 is 4.74 Å². The highest BCUT2D eigenvalue weighted by atomic mass is 16.5. The molecule has 1 fully saturated rings. The summed E-state index contributed by atoms with van der Waals surface area (Å²) in [4.78, 5) is 11.4. The molecule has 0 radical (unpaired) electrons. The topological polar surface area (TPSA) is 44.1 Å².